The summed E-state index contributed by atoms with van der Waals surface area (Å²) in [6.07, 6.45) is 2.60. The van der Waals surface area contributed by atoms with Crippen LogP contribution in [0.15, 0.2) is 38.4 Å². The molecule has 0 aliphatic rings. The maximum absolute atomic E-state index is 10.8. The third-order valence-corrected chi connectivity index (χ3v) is 1.31. The zero-order valence-corrected chi connectivity index (χ0v) is 5.93. The molecule has 60 valence electrons. The Morgan fingerprint density at radius 1 is 1.42 bits per heavy atom. The molecule has 0 atom stereocenters. The van der Waals surface area contributed by atoms with E-state index in [2.05, 4.69) is 14.9 Å². The molecule has 2 rings (SSSR count). The Balaban J connectivity index is 2.55. The molecule has 0 aliphatic heterocycles. The highest BCUT2D eigenvalue weighted by atomic mass is 16.5. The topological polar surface area (TPSA) is 69.1 Å². The van der Waals surface area contributed by atoms with Crippen molar-refractivity contribution in [3.05, 3.63) is 34.9 Å². The predicted molar refractivity (Wildman–Crippen MR) is 38.3 cm³/mol. The van der Waals surface area contributed by atoms with E-state index in [0.29, 0.717) is 11.5 Å². The average molecular weight is 164 g/mol. The van der Waals surface area contributed by atoms with E-state index < -0.39 is 0 Å². The largest absolute Gasteiger partial charge is 0.462 e. The molecule has 0 bridgehead atoms. The van der Waals surface area contributed by atoms with Crippen molar-refractivity contribution in [2.75, 3.05) is 0 Å². The Hall–Kier alpha value is -1.91. The van der Waals surface area contributed by atoms with Crippen LogP contribution in [0.2, 0.25) is 0 Å². The fourth-order valence-electron chi connectivity index (χ4n) is 0.792. The van der Waals surface area contributed by atoms with E-state index in [1.165, 1.54) is 24.7 Å². The summed E-state index contributed by atoms with van der Waals surface area (Å²) in [5.74, 6) is 0.351. The van der Waals surface area contributed by atoms with Crippen molar-refractivity contribution in [2.45, 2.75) is 0 Å². The molecular formula is C7H4N2O3. The molecule has 0 radical (unpaired) electrons. The van der Waals surface area contributed by atoms with Crippen molar-refractivity contribution in [3.8, 4) is 11.5 Å². The van der Waals surface area contributed by atoms with Gasteiger partial charge in [-0.25, -0.2) is 0 Å². The summed E-state index contributed by atoms with van der Waals surface area (Å²) in [4.78, 5) is 10.8. The lowest BCUT2D eigenvalue weighted by atomic mass is 10.3. The minimum Gasteiger partial charge on any atom is -0.462 e. The number of nitrogens with zero attached hydrogens (tertiary/aromatic N) is 2. The smallest absolute Gasteiger partial charge is 0.185 e. The van der Waals surface area contributed by atoms with Crippen molar-refractivity contribution in [3.63, 3.8) is 0 Å². The van der Waals surface area contributed by atoms with Crippen LogP contribution in [-0.4, -0.2) is 10.4 Å². The number of hydrogen-bond acceptors (Lipinski definition) is 5. The molecule has 0 saturated heterocycles. The molecule has 0 spiro atoms. The van der Waals surface area contributed by atoms with Crippen LogP contribution in [0.1, 0.15) is 0 Å². The van der Waals surface area contributed by atoms with E-state index in [1.807, 2.05) is 0 Å². The fraction of sp³-hybridized carbons (Fsp3) is 0. The molecule has 5 nitrogen and oxygen atoms in total. The highest BCUT2D eigenvalue weighted by Crippen LogP contribution is 2.12. The summed E-state index contributed by atoms with van der Waals surface area (Å²) in [6, 6.07) is 2.64. The van der Waals surface area contributed by atoms with Crippen molar-refractivity contribution in [1.29, 1.82) is 0 Å². The van der Waals surface area contributed by atoms with Crippen LogP contribution in [-0.2, 0) is 0 Å². The Morgan fingerprint density at radius 2 is 2.33 bits per heavy atom. The van der Waals surface area contributed by atoms with Gasteiger partial charge in [0.2, 0.25) is 0 Å². The second-order valence-electron chi connectivity index (χ2n) is 2.12. The fourth-order valence-corrected chi connectivity index (χ4v) is 0.792. The van der Waals surface area contributed by atoms with Gasteiger partial charge in [-0.2, -0.15) is 0 Å². The van der Waals surface area contributed by atoms with Gasteiger partial charge in [0.15, 0.2) is 23.1 Å². The monoisotopic (exact) mass is 164 g/mol. The van der Waals surface area contributed by atoms with Crippen molar-refractivity contribution in [2.24, 2.45) is 0 Å². The Morgan fingerprint density at radius 3 is 3.00 bits per heavy atom. The molecule has 0 saturated carbocycles. The van der Waals surface area contributed by atoms with Crippen LogP contribution < -0.4 is 5.43 Å². The number of rotatable bonds is 1. The SMILES string of the molecule is O=c1ccoc(-c2conn2)c1. The van der Waals surface area contributed by atoms with E-state index in [1.54, 1.807) is 0 Å². The summed E-state index contributed by atoms with van der Waals surface area (Å²) in [5, 5.41) is 6.82. The Labute approximate surface area is 66.6 Å². The third-order valence-electron chi connectivity index (χ3n) is 1.31. The van der Waals surface area contributed by atoms with E-state index in [9.17, 15) is 4.79 Å². The van der Waals surface area contributed by atoms with Gasteiger partial charge in [0.05, 0.1) is 6.26 Å². The second kappa shape index (κ2) is 2.61. The van der Waals surface area contributed by atoms with Gasteiger partial charge in [0, 0.05) is 17.4 Å². The first-order valence-electron chi connectivity index (χ1n) is 3.22. The highest BCUT2D eigenvalue weighted by molar-refractivity contribution is 5.47. The Kier molecular flexibility index (Phi) is 1.48. The van der Waals surface area contributed by atoms with Crippen molar-refractivity contribution in [1.82, 2.24) is 10.4 Å². The molecule has 5 heteroatoms. The molecule has 0 unspecified atom stereocenters. The summed E-state index contributed by atoms with van der Waals surface area (Å²) >= 11 is 0. The second-order valence-corrected chi connectivity index (χ2v) is 2.12. The summed E-state index contributed by atoms with van der Waals surface area (Å²) in [5.41, 5.74) is 0.270. The van der Waals surface area contributed by atoms with Crippen molar-refractivity contribution < 1.29 is 8.94 Å². The molecule has 0 fully saturated rings. The van der Waals surface area contributed by atoms with Crippen molar-refractivity contribution >= 4 is 0 Å². The lowest BCUT2D eigenvalue weighted by Gasteiger charge is -1.89. The summed E-state index contributed by atoms with van der Waals surface area (Å²) < 4.78 is 9.48. The molecule has 2 aromatic heterocycles. The van der Waals surface area contributed by atoms with Gasteiger partial charge < -0.3 is 8.94 Å². The van der Waals surface area contributed by atoms with Gasteiger partial charge in [-0.15, -0.1) is 5.10 Å². The van der Waals surface area contributed by atoms with Gasteiger partial charge in [0.25, 0.3) is 0 Å². The van der Waals surface area contributed by atoms with Gasteiger partial charge in [-0.3, -0.25) is 4.79 Å². The highest BCUT2D eigenvalue weighted by Gasteiger charge is 2.03. The predicted octanol–water partition coefficient (Wildman–Crippen LogP) is 0.690. The molecular weight excluding hydrogens is 160 g/mol. The summed E-state index contributed by atoms with van der Waals surface area (Å²) in [7, 11) is 0. The van der Waals surface area contributed by atoms with E-state index in [0.717, 1.165) is 0 Å². The van der Waals surface area contributed by atoms with Crippen LogP contribution in [0, 0.1) is 0 Å². The molecule has 0 aromatic carbocycles. The van der Waals surface area contributed by atoms with Gasteiger partial charge in [-0.05, 0) is 0 Å². The summed E-state index contributed by atoms with van der Waals surface area (Å²) in [6.45, 7) is 0. The lowest BCUT2D eigenvalue weighted by molar-refractivity contribution is 0.393. The van der Waals surface area contributed by atoms with Gasteiger partial charge in [0.1, 0.15) is 0 Å². The number of aromatic nitrogens is 2. The maximum atomic E-state index is 10.8. The van der Waals surface area contributed by atoms with Crippen LogP contribution in [0.4, 0.5) is 0 Å². The van der Waals surface area contributed by atoms with E-state index >= 15 is 0 Å². The first-order chi connectivity index (χ1) is 5.86. The Bertz CT molecular complexity index is 418. The van der Waals surface area contributed by atoms with Crippen LogP contribution in [0.5, 0.6) is 0 Å². The average Bonchev–Trinajstić information content (AvgIpc) is 2.56. The first kappa shape index (κ1) is 6.78. The lowest BCUT2D eigenvalue weighted by Crippen LogP contribution is -1.95. The van der Waals surface area contributed by atoms with Crippen LogP contribution in [0.25, 0.3) is 11.5 Å². The quantitative estimate of drug-likeness (QED) is 0.620. The zero-order valence-electron chi connectivity index (χ0n) is 5.93. The third kappa shape index (κ3) is 1.12. The normalized spacial score (nSPS) is 10.0. The molecule has 0 N–H and O–H groups in total. The standard InChI is InChI=1S/C7H4N2O3/c10-5-1-2-11-7(3-5)6-4-12-9-8-6/h1-4H. The maximum Gasteiger partial charge on any atom is 0.185 e. The van der Waals surface area contributed by atoms with Gasteiger partial charge >= 0.3 is 0 Å². The minimum absolute atomic E-state index is 0.140. The number of hydrogen-bond donors (Lipinski definition) is 0. The molecule has 2 heterocycles. The molecule has 0 amide bonds. The van der Waals surface area contributed by atoms with Crippen LogP contribution >= 0.6 is 0 Å². The minimum atomic E-state index is -0.140. The van der Waals surface area contributed by atoms with E-state index in [-0.39, 0.29) is 5.43 Å². The zero-order chi connectivity index (χ0) is 8.39. The van der Waals surface area contributed by atoms with E-state index in [4.69, 9.17) is 4.42 Å². The van der Waals surface area contributed by atoms with Gasteiger partial charge in [-0.1, -0.05) is 0 Å². The molecule has 2 aromatic rings. The van der Waals surface area contributed by atoms with Crippen LogP contribution in [0.3, 0.4) is 0 Å². The molecule has 0 aliphatic carbocycles. The molecule has 12 heavy (non-hydrogen) atoms. The first-order valence-corrected chi connectivity index (χ1v) is 3.22.